The standard InChI is InChI=1S/C5H12N4O4/c6-4-2-1-3-5-7(8(10)11)9(12)13/h1-6H2. The maximum absolute atomic E-state index is 10.1. The zero-order valence-electron chi connectivity index (χ0n) is 7.09. The van der Waals surface area contributed by atoms with Crippen LogP contribution >= 0.6 is 0 Å². The van der Waals surface area contributed by atoms with Gasteiger partial charge in [0.2, 0.25) is 10.1 Å². The molecule has 0 aromatic carbocycles. The molecule has 0 amide bonds. The summed E-state index contributed by atoms with van der Waals surface area (Å²) >= 11 is 0. The van der Waals surface area contributed by atoms with Gasteiger partial charge < -0.3 is 5.73 Å². The van der Waals surface area contributed by atoms with Crippen LogP contribution in [0, 0.1) is 20.2 Å². The summed E-state index contributed by atoms with van der Waals surface area (Å²) < 4.78 is 0. The number of hydrazine groups is 2. The molecular formula is C5H12N4O4. The van der Waals surface area contributed by atoms with Crippen LogP contribution in [0.25, 0.3) is 0 Å². The number of unbranched alkanes of at least 4 members (excludes halogenated alkanes) is 2. The number of nitrogens with two attached hydrogens (primary N) is 1. The molecule has 8 nitrogen and oxygen atoms in total. The van der Waals surface area contributed by atoms with E-state index >= 15 is 0 Å². The van der Waals surface area contributed by atoms with Crippen LogP contribution in [0.5, 0.6) is 0 Å². The zero-order valence-corrected chi connectivity index (χ0v) is 7.09. The Labute approximate surface area is 74.5 Å². The Hall–Kier alpha value is -1.44. The van der Waals surface area contributed by atoms with Gasteiger partial charge in [-0.1, -0.05) is 0 Å². The smallest absolute Gasteiger partial charge is 0.222 e. The number of hydrogen-bond donors (Lipinski definition) is 1. The molecule has 0 aliphatic rings. The lowest BCUT2D eigenvalue weighted by Gasteiger charge is -2.02. The summed E-state index contributed by atoms with van der Waals surface area (Å²) in [6.45, 7) is 0.316. The topological polar surface area (TPSA) is 116 Å². The third-order valence-corrected chi connectivity index (χ3v) is 1.44. The second-order valence-corrected chi connectivity index (χ2v) is 2.42. The predicted molar refractivity (Wildman–Crippen MR) is 43.6 cm³/mol. The number of hydrogen-bond acceptors (Lipinski definition) is 5. The second kappa shape index (κ2) is 6.12. The van der Waals surface area contributed by atoms with E-state index in [-0.39, 0.29) is 11.7 Å². The molecule has 2 N–H and O–H groups in total. The number of nitrogens with zero attached hydrogens (tertiary/aromatic N) is 3. The molecule has 0 rings (SSSR count). The Morgan fingerprint density at radius 3 is 2.00 bits per heavy atom. The summed E-state index contributed by atoms with van der Waals surface area (Å²) in [4.78, 5) is 20.1. The van der Waals surface area contributed by atoms with Gasteiger partial charge in [-0.15, -0.1) is 0 Å². The molecule has 0 unspecified atom stereocenters. The van der Waals surface area contributed by atoms with Crippen LogP contribution < -0.4 is 5.73 Å². The van der Waals surface area contributed by atoms with Crippen LogP contribution in [0.3, 0.4) is 0 Å². The van der Waals surface area contributed by atoms with Gasteiger partial charge in [0.1, 0.15) is 6.54 Å². The fraction of sp³-hybridized carbons (Fsp3) is 1.00. The normalized spacial score (nSPS) is 9.62. The molecular weight excluding hydrogens is 180 g/mol. The van der Waals surface area contributed by atoms with Crippen molar-refractivity contribution in [2.75, 3.05) is 13.1 Å². The first-order valence-electron chi connectivity index (χ1n) is 3.85. The first kappa shape index (κ1) is 11.6. The summed E-state index contributed by atoms with van der Waals surface area (Å²) in [6, 6.07) is 0. The largest absolute Gasteiger partial charge is 0.330 e. The third kappa shape index (κ3) is 4.90. The van der Waals surface area contributed by atoms with Gasteiger partial charge in [0, 0.05) is 0 Å². The van der Waals surface area contributed by atoms with Crippen LogP contribution in [0.2, 0.25) is 0 Å². The quantitative estimate of drug-likeness (QED) is 0.339. The summed E-state index contributed by atoms with van der Waals surface area (Å²) in [5.41, 5.74) is 5.18. The van der Waals surface area contributed by atoms with Crippen molar-refractivity contribution >= 4 is 0 Å². The van der Waals surface area contributed by atoms with Gasteiger partial charge >= 0.3 is 0 Å². The molecule has 0 atom stereocenters. The van der Waals surface area contributed by atoms with Crippen molar-refractivity contribution in [1.29, 1.82) is 0 Å². The van der Waals surface area contributed by atoms with Crippen molar-refractivity contribution in [2.45, 2.75) is 19.3 Å². The van der Waals surface area contributed by atoms with Gasteiger partial charge in [0.05, 0.1) is 0 Å². The van der Waals surface area contributed by atoms with E-state index in [9.17, 15) is 20.2 Å². The van der Waals surface area contributed by atoms with Gasteiger partial charge in [-0.3, -0.25) is 0 Å². The molecule has 0 saturated carbocycles. The minimum absolute atomic E-state index is 0.0173. The van der Waals surface area contributed by atoms with Gasteiger partial charge in [-0.05, 0) is 25.8 Å². The van der Waals surface area contributed by atoms with E-state index in [1.807, 2.05) is 0 Å². The third-order valence-electron chi connectivity index (χ3n) is 1.44. The molecule has 0 bridgehead atoms. The van der Waals surface area contributed by atoms with Crippen LogP contribution in [-0.2, 0) is 0 Å². The first-order valence-corrected chi connectivity index (χ1v) is 3.85. The molecule has 0 aliphatic carbocycles. The van der Waals surface area contributed by atoms with Crippen LogP contribution in [0.15, 0.2) is 0 Å². The monoisotopic (exact) mass is 192 g/mol. The van der Waals surface area contributed by atoms with E-state index < -0.39 is 10.1 Å². The van der Waals surface area contributed by atoms with Gasteiger partial charge in [-0.2, -0.15) is 0 Å². The molecule has 0 aromatic rings. The fourth-order valence-corrected chi connectivity index (χ4v) is 0.797. The molecule has 76 valence electrons. The zero-order chi connectivity index (χ0) is 10.3. The van der Waals surface area contributed by atoms with E-state index in [4.69, 9.17) is 5.73 Å². The molecule has 8 heteroatoms. The van der Waals surface area contributed by atoms with Crippen molar-refractivity contribution in [3.8, 4) is 0 Å². The van der Waals surface area contributed by atoms with E-state index in [0.717, 1.165) is 6.42 Å². The van der Waals surface area contributed by atoms with Crippen molar-refractivity contribution in [1.82, 2.24) is 5.12 Å². The highest BCUT2D eigenvalue weighted by atomic mass is 16.8. The van der Waals surface area contributed by atoms with E-state index in [0.29, 0.717) is 19.4 Å². The van der Waals surface area contributed by atoms with Gasteiger partial charge in [0.15, 0.2) is 5.12 Å². The summed E-state index contributed by atoms with van der Waals surface area (Å²) in [6.07, 6.45) is 1.79. The summed E-state index contributed by atoms with van der Waals surface area (Å²) in [5.74, 6) is 0. The number of nitro groups is 2. The molecule has 0 fully saturated rings. The van der Waals surface area contributed by atoms with Gasteiger partial charge in [0.25, 0.3) is 0 Å². The minimum Gasteiger partial charge on any atom is -0.330 e. The van der Waals surface area contributed by atoms with Crippen LogP contribution in [-0.4, -0.2) is 28.3 Å². The minimum atomic E-state index is -1.03. The molecule has 0 aliphatic heterocycles. The maximum atomic E-state index is 10.1. The Morgan fingerprint density at radius 2 is 1.62 bits per heavy atom. The van der Waals surface area contributed by atoms with E-state index in [1.54, 1.807) is 0 Å². The highest BCUT2D eigenvalue weighted by molar-refractivity contribution is 4.42. The SMILES string of the molecule is NCCCCCN([N+](=O)[O-])[N+](=O)[O-]. The predicted octanol–water partition coefficient (Wildman–Crippen LogP) is -0.199. The Balaban J connectivity index is 3.71. The Morgan fingerprint density at radius 1 is 1.08 bits per heavy atom. The van der Waals surface area contributed by atoms with Crippen molar-refractivity contribution < 1.29 is 10.1 Å². The lowest BCUT2D eigenvalue weighted by atomic mass is 10.2. The molecule has 0 radical (unpaired) electrons. The molecule has 0 saturated heterocycles. The molecule has 0 aromatic heterocycles. The summed E-state index contributed by atoms with van der Waals surface area (Å²) in [5, 5.41) is 18.1. The second-order valence-electron chi connectivity index (χ2n) is 2.42. The molecule has 0 spiro atoms. The van der Waals surface area contributed by atoms with Crippen LogP contribution in [0.1, 0.15) is 19.3 Å². The van der Waals surface area contributed by atoms with Crippen molar-refractivity contribution in [3.63, 3.8) is 0 Å². The summed E-state index contributed by atoms with van der Waals surface area (Å²) in [7, 11) is 0. The van der Waals surface area contributed by atoms with E-state index in [1.165, 1.54) is 0 Å². The lowest BCUT2D eigenvalue weighted by molar-refractivity contribution is -0.907. The Kier molecular flexibility index (Phi) is 5.44. The fourth-order valence-electron chi connectivity index (χ4n) is 0.797. The lowest BCUT2D eigenvalue weighted by Crippen LogP contribution is -2.36. The average Bonchev–Trinajstić information content (AvgIpc) is 2.02. The maximum Gasteiger partial charge on any atom is 0.222 e. The van der Waals surface area contributed by atoms with Crippen molar-refractivity contribution in [2.24, 2.45) is 5.73 Å². The average molecular weight is 192 g/mol. The van der Waals surface area contributed by atoms with Crippen molar-refractivity contribution in [3.05, 3.63) is 20.2 Å². The Bertz CT molecular complexity index is 171. The number of rotatable bonds is 7. The molecule has 0 heterocycles. The molecule has 13 heavy (non-hydrogen) atoms. The van der Waals surface area contributed by atoms with Gasteiger partial charge in [-0.25, -0.2) is 20.2 Å². The first-order chi connectivity index (χ1) is 6.09. The van der Waals surface area contributed by atoms with E-state index in [2.05, 4.69) is 0 Å². The van der Waals surface area contributed by atoms with Crippen LogP contribution in [0.4, 0.5) is 0 Å². The highest BCUT2D eigenvalue weighted by Crippen LogP contribution is 1.98. The highest BCUT2D eigenvalue weighted by Gasteiger charge is 2.25.